The molecule has 0 spiro atoms. The summed E-state index contributed by atoms with van der Waals surface area (Å²) >= 11 is 0. The smallest absolute Gasteiger partial charge is 0.387 e. The van der Waals surface area contributed by atoms with Crippen molar-refractivity contribution in [3.63, 3.8) is 0 Å². The second kappa shape index (κ2) is 10.1. The van der Waals surface area contributed by atoms with Gasteiger partial charge in [-0.1, -0.05) is 6.07 Å². The highest BCUT2D eigenvalue weighted by Crippen LogP contribution is 2.27. The molecule has 2 aromatic heterocycles. The van der Waals surface area contributed by atoms with Crippen LogP contribution >= 0.6 is 0 Å². The number of aryl methyl sites for hydroxylation is 2. The highest BCUT2D eigenvalue weighted by Gasteiger charge is 2.18. The van der Waals surface area contributed by atoms with Crippen LogP contribution in [0.4, 0.5) is 20.3 Å². The van der Waals surface area contributed by atoms with E-state index in [9.17, 15) is 8.78 Å². The van der Waals surface area contributed by atoms with Crippen LogP contribution in [-0.2, 0) is 17.6 Å². The molecule has 1 saturated heterocycles. The van der Waals surface area contributed by atoms with Gasteiger partial charge in [0.25, 0.3) is 0 Å². The summed E-state index contributed by atoms with van der Waals surface area (Å²) in [5.74, 6) is 0.680. The number of halogens is 2. The van der Waals surface area contributed by atoms with Crippen LogP contribution in [0.1, 0.15) is 36.7 Å². The lowest BCUT2D eigenvalue weighted by molar-refractivity contribution is -0.0498. The molecule has 2 aromatic carbocycles. The summed E-state index contributed by atoms with van der Waals surface area (Å²) in [7, 11) is 0. The summed E-state index contributed by atoms with van der Waals surface area (Å²) in [6.45, 7) is -2.05. The molecule has 0 aliphatic carbocycles. The minimum Gasteiger partial charge on any atom is -0.435 e. The maximum atomic E-state index is 12.3. The summed E-state index contributed by atoms with van der Waals surface area (Å²) in [5.41, 5.74) is 3.90. The fourth-order valence-electron chi connectivity index (χ4n) is 4.10. The standard InChI is InChI=1S/C25H25F2N5O2/c26-25(27)34-21-10-7-19(8-11-21)29-23-13-9-20(30-31-23)6-4-17-5-12-22-18(15-17)16-28-32(22)24-3-1-2-14-33-24/h5,7-13,15-16,24-25H,1-4,6,14H2,(H,29,31). The van der Waals surface area contributed by atoms with Crippen molar-refractivity contribution in [3.8, 4) is 5.75 Å². The summed E-state index contributed by atoms with van der Waals surface area (Å²) < 4.78 is 36.7. The number of ether oxygens (including phenoxy) is 2. The molecule has 1 unspecified atom stereocenters. The van der Waals surface area contributed by atoms with Gasteiger partial charge in [0.05, 0.1) is 17.4 Å². The van der Waals surface area contributed by atoms with Gasteiger partial charge in [0.2, 0.25) is 0 Å². The van der Waals surface area contributed by atoms with Gasteiger partial charge in [-0.25, -0.2) is 4.68 Å². The van der Waals surface area contributed by atoms with Crippen LogP contribution in [0.3, 0.4) is 0 Å². The Hall–Kier alpha value is -3.59. The Morgan fingerprint density at radius 1 is 1.03 bits per heavy atom. The average Bonchev–Trinajstić information content (AvgIpc) is 3.28. The fraction of sp³-hybridized carbons (Fsp3) is 0.320. The van der Waals surface area contributed by atoms with Crippen LogP contribution in [0.25, 0.3) is 10.9 Å². The van der Waals surface area contributed by atoms with Gasteiger partial charge in [-0.2, -0.15) is 19.0 Å². The molecule has 1 fully saturated rings. The monoisotopic (exact) mass is 465 g/mol. The fourth-order valence-corrected chi connectivity index (χ4v) is 4.10. The van der Waals surface area contributed by atoms with E-state index in [-0.39, 0.29) is 12.0 Å². The number of rotatable bonds is 8. The van der Waals surface area contributed by atoms with Gasteiger partial charge >= 0.3 is 6.61 Å². The second-order valence-electron chi connectivity index (χ2n) is 8.24. The lowest BCUT2D eigenvalue weighted by Gasteiger charge is -2.23. The number of alkyl halides is 2. The van der Waals surface area contributed by atoms with E-state index in [1.54, 1.807) is 12.1 Å². The second-order valence-corrected chi connectivity index (χ2v) is 8.24. The van der Waals surface area contributed by atoms with Crippen LogP contribution in [0.2, 0.25) is 0 Å². The van der Waals surface area contributed by atoms with Gasteiger partial charge in [0.15, 0.2) is 12.0 Å². The summed E-state index contributed by atoms with van der Waals surface area (Å²) in [6.07, 6.45) is 6.83. The van der Waals surface area contributed by atoms with Gasteiger partial charge in [-0.3, -0.25) is 0 Å². The summed E-state index contributed by atoms with van der Waals surface area (Å²) in [4.78, 5) is 0. The molecule has 34 heavy (non-hydrogen) atoms. The predicted octanol–water partition coefficient (Wildman–Crippen LogP) is 5.66. The molecule has 4 aromatic rings. The lowest BCUT2D eigenvalue weighted by atomic mass is 10.1. The molecule has 1 aliphatic rings. The third kappa shape index (κ3) is 5.31. The molecule has 0 radical (unpaired) electrons. The number of hydrogen-bond donors (Lipinski definition) is 1. The minimum atomic E-state index is -2.84. The normalized spacial score (nSPS) is 16.1. The number of nitrogens with one attached hydrogen (secondary N) is 1. The Morgan fingerprint density at radius 2 is 1.91 bits per heavy atom. The Bertz CT molecular complexity index is 1220. The molecule has 3 heterocycles. The van der Waals surface area contributed by atoms with Crippen molar-refractivity contribution in [2.45, 2.75) is 44.9 Å². The lowest BCUT2D eigenvalue weighted by Crippen LogP contribution is -2.18. The topological polar surface area (TPSA) is 74.1 Å². The largest absolute Gasteiger partial charge is 0.435 e. The zero-order chi connectivity index (χ0) is 23.3. The Morgan fingerprint density at radius 3 is 2.65 bits per heavy atom. The van der Waals surface area contributed by atoms with E-state index in [0.29, 0.717) is 11.5 Å². The van der Waals surface area contributed by atoms with Crippen molar-refractivity contribution in [2.75, 3.05) is 11.9 Å². The van der Waals surface area contributed by atoms with Gasteiger partial charge in [0.1, 0.15) is 5.75 Å². The van der Waals surface area contributed by atoms with Crippen LogP contribution < -0.4 is 10.1 Å². The highest BCUT2D eigenvalue weighted by atomic mass is 19.3. The van der Waals surface area contributed by atoms with Crippen molar-refractivity contribution in [1.82, 2.24) is 20.0 Å². The molecule has 9 heteroatoms. The van der Waals surface area contributed by atoms with Gasteiger partial charge < -0.3 is 14.8 Å². The maximum absolute atomic E-state index is 12.3. The highest BCUT2D eigenvalue weighted by molar-refractivity contribution is 5.79. The first-order chi connectivity index (χ1) is 16.6. The molecule has 1 atom stereocenters. The van der Waals surface area contributed by atoms with Gasteiger partial charge in [0, 0.05) is 17.7 Å². The molecule has 7 nitrogen and oxygen atoms in total. The molecular weight excluding hydrogens is 440 g/mol. The molecule has 5 rings (SSSR count). The summed E-state index contributed by atoms with van der Waals surface area (Å²) in [6, 6.07) is 16.4. The third-order valence-electron chi connectivity index (χ3n) is 5.83. The molecule has 1 N–H and O–H groups in total. The maximum Gasteiger partial charge on any atom is 0.387 e. The van der Waals surface area contributed by atoms with E-state index in [1.807, 2.05) is 23.0 Å². The molecular formula is C25H25F2N5O2. The number of benzene rings is 2. The molecule has 0 bridgehead atoms. The number of hydrogen-bond acceptors (Lipinski definition) is 6. The van der Waals surface area contributed by atoms with E-state index < -0.39 is 6.61 Å². The molecule has 0 saturated carbocycles. The van der Waals surface area contributed by atoms with E-state index in [1.165, 1.54) is 24.1 Å². The first kappa shape index (κ1) is 22.2. The first-order valence-electron chi connectivity index (χ1n) is 11.4. The van der Waals surface area contributed by atoms with Crippen molar-refractivity contribution >= 4 is 22.4 Å². The summed E-state index contributed by atoms with van der Waals surface area (Å²) in [5, 5.41) is 17.3. The van der Waals surface area contributed by atoms with E-state index in [2.05, 4.69) is 43.5 Å². The van der Waals surface area contributed by atoms with Crippen molar-refractivity contribution < 1.29 is 18.3 Å². The van der Waals surface area contributed by atoms with Crippen LogP contribution in [-0.4, -0.2) is 33.2 Å². The van der Waals surface area contributed by atoms with Crippen molar-refractivity contribution in [2.24, 2.45) is 0 Å². The zero-order valence-electron chi connectivity index (χ0n) is 18.5. The van der Waals surface area contributed by atoms with Gasteiger partial charge in [-0.05, 0) is 86.2 Å². The number of fused-ring (bicyclic) bond motifs is 1. The zero-order valence-corrected chi connectivity index (χ0v) is 18.5. The van der Waals surface area contributed by atoms with E-state index in [4.69, 9.17) is 4.74 Å². The van der Waals surface area contributed by atoms with Crippen molar-refractivity contribution in [1.29, 1.82) is 0 Å². The molecule has 1 aliphatic heterocycles. The number of aromatic nitrogens is 4. The van der Waals surface area contributed by atoms with E-state index in [0.717, 1.165) is 48.9 Å². The third-order valence-corrected chi connectivity index (χ3v) is 5.83. The van der Waals surface area contributed by atoms with Crippen LogP contribution in [0.15, 0.2) is 60.8 Å². The molecule has 176 valence electrons. The predicted molar refractivity (Wildman–Crippen MR) is 124 cm³/mol. The number of nitrogens with zero attached hydrogens (tertiary/aromatic N) is 4. The Balaban J connectivity index is 1.17. The van der Waals surface area contributed by atoms with Crippen molar-refractivity contribution in [3.05, 3.63) is 72.1 Å². The van der Waals surface area contributed by atoms with E-state index >= 15 is 0 Å². The SMILES string of the molecule is FC(F)Oc1ccc(Nc2ccc(CCc3ccc4c(cnn4C4CCCCO4)c3)nn2)cc1. The average molecular weight is 466 g/mol. The minimum absolute atomic E-state index is 0.0309. The van der Waals surface area contributed by atoms with Crippen LogP contribution in [0, 0.1) is 0 Å². The number of anilines is 2. The van der Waals surface area contributed by atoms with Crippen LogP contribution in [0.5, 0.6) is 5.75 Å². The van der Waals surface area contributed by atoms with Gasteiger partial charge in [-0.15, -0.1) is 5.10 Å². The first-order valence-corrected chi connectivity index (χ1v) is 11.4. The molecule has 0 amide bonds. The Labute approximate surface area is 195 Å². The Kier molecular flexibility index (Phi) is 6.62. The quantitative estimate of drug-likeness (QED) is 0.362.